The molecule has 0 aromatic carbocycles. The molecule has 0 amide bonds. The molecule has 0 radical (unpaired) electrons. The standard InChI is InChI=1S/C8H7NO4.2ClH/c1-4-6(8(12)13)2-5(3-9-4)7(10)11;;/h2-3H,1H3,(H,10,11)(H,12,13);2*1H. The van der Waals surface area contributed by atoms with Gasteiger partial charge in [0.2, 0.25) is 0 Å². The van der Waals surface area contributed by atoms with Gasteiger partial charge in [-0.3, -0.25) is 4.98 Å². The molecule has 1 aromatic heterocycles. The maximum Gasteiger partial charge on any atom is 0.337 e. The van der Waals surface area contributed by atoms with Crippen LogP contribution in [0.25, 0.3) is 0 Å². The van der Waals surface area contributed by atoms with Crippen molar-refractivity contribution >= 4 is 36.8 Å². The number of carbonyl (C=O) groups is 2. The summed E-state index contributed by atoms with van der Waals surface area (Å²) in [4.78, 5) is 24.7. The molecule has 7 heteroatoms. The van der Waals surface area contributed by atoms with Crippen molar-refractivity contribution in [3.05, 3.63) is 29.1 Å². The first kappa shape index (κ1) is 16.1. The van der Waals surface area contributed by atoms with E-state index in [1.807, 2.05) is 0 Å². The minimum absolute atomic E-state index is 0. The summed E-state index contributed by atoms with van der Waals surface area (Å²) in [5, 5.41) is 17.2. The Bertz CT molecular complexity index is 381. The second-order valence-electron chi connectivity index (χ2n) is 2.47. The van der Waals surface area contributed by atoms with Gasteiger partial charge in [-0.1, -0.05) is 0 Å². The van der Waals surface area contributed by atoms with Gasteiger partial charge in [-0.15, -0.1) is 24.8 Å². The van der Waals surface area contributed by atoms with Crippen LogP contribution in [0.4, 0.5) is 0 Å². The quantitative estimate of drug-likeness (QED) is 0.837. The van der Waals surface area contributed by atoms with Gasteiger partial charge in [-0.05, 0) is 13.0 Å². The molecule has 84 valence electrons. The van der Waals surface area contributed by atoms with Crippen LogP contribution in [0.15, 0.2) is 12.3 Å². The number of carboxylic acids is 2. The van der Waals surface area contributed by atoms with Crippen LogP contribution in [-0.4, -0.2) is 27.1 Å². The van der Waals surface area contributed by atoms with E-state index in [0.29, 0.717) is 5.69 Å². The van der Waals surface area contributed by atoms with Crippen LogP contribution in [0.1, 0.15) is 26.4 Å². The van der Waals surface area contributed by atoms with Crippen molar-refractivity contribution in [3.8, 4) is 0 Å². The summed E-state index contributed by atoms with van der Waals surface area (Å²) in [6.45, 7) is 1.51. The Labute approximate surface area is 98.0 Å². The molecule has 0 bridgehead atoms. The van der Waals surface area contributed by atoms with Gasteiger partial charge >= 0.3 is 11.9 Å². The van der Waals surface area contributed by atoms with Gasteiger partial charge in [0.05, 0.1) is 16.8 Å². The lowest BCUT2D eigenvalue weighted by Gasteiger charge is -2.00. The van der Waals surface area contributed by atoms with Gasteiger partial charge < -0.3 is 10.2 Å². The van der Waals surface area contributed by atoms with E-state index in [9.17, 15) is 9.59 Å². The number of aromatic nitrogens is 1. The molecule has 15 heavy (non-hydrogen) atoms. The Morgan fingerprint density at radius 1 is 1.20 bits per heavy atom. The highest BCUT2D eigenvalue weighted by Gasteiger charge is 2.11. The van der Waals surface area contributed by atoms with Crippen molar-refractivity contribution in [3.63, 3.8) is 0 Å². The second-order valence-corrected chi connectivity index (χ2v) is 2.47. The molecule has 0 unspecified atom stereocenters. The number of hydrogen-bond donors (Lipinski definition) is 2. The highest BCUT2D eigenvalue weighted by atomic mass is 35.5. The van der Waals surface area contributed by atoms with E-state index in [2.05, 4.69) is 4.98 Å². The highest BCUT2D eigenvalue weighted by Crippen LogP contribution is 2.07. The summed E-state index contributed by atoms with van der Waals surface area (Å²) in [6.07, 6.45) is 1.13. The van der Waals surface area contributed by atoms with Crippen LogP contribution in [0.2, 0.25) is 0 Å². The van der Waals surface area contributed by atoms with E-state index in [1.54, 1.807) is 0 Å². The van der Waals surface area contributed by atoms with Crippen molar-refractivity contribution in [1.29, 1.82) is 0 Å². The first-order valence-electron chi connectivity index (χ1n) is 3.45. The molecule has 0 spiro atoms. The van der Waals surface area contributed by atoms with Gasteiger partial charge in [0.15, 0.2) is 0 Å². The Morgan fingerprint density at radius 2 is 1.73 bits per heavy atom. The molecule has 1 heterocycles. The lowest BCUT2D eigenvalue weighted by Crippen LogP contribution is -2.06. The molecule has 1 aromatic rings. The summed E-state index contributed by atoms with van der Waals surface area (Å²) >= 11 is 0. The molecule has 0 aliphatic heterocycles. The number of carboxylic acid groups (broad SMARTS) is 2. The highest BCUT2D eigenvalue weighted by molar-refractivity contribution is 5.93. The molecule has 0 atom stereocenters. The first-order valence-corrected chi connectivity index (χ1v) is 3.45. The summed E-state index contributed by atoms with van der Waals surface area (Å²) in [5.74, 6) is -2.36. The smallest absolute Gasteiger partial charge is 0.337 e. The summed E-state index contributed by atoms with van der Waals surface area (Å²) < 4.78 is 0. The fraction of sp³-hybridized carbons (Fsp3) is 0.125. The minimum Gasteiger partial charge on any atom is -0.478 e. The van der Waals surface area contributed by atoms with E-state index in [-0.39, 0.29) is 35.9 Å². The lowest BCUT2D eigenvalue weighted by atomic mass is 10.1. The second kappa shape index (κ2) is 6.21. The largest absolute Gasteiger partial charge is 0.478 e. The Balaban J connectivity index is 0. The maximum atomic E-state index is 10.6. The third-order valence-electron chi connectivity index (χ3n) is 1.56. The number of nitrogens with zero attached hydrogens (tertiary/aromatic N) is 1. The number of aromatic carboxylic acids is 2. The van der Waals surface area contributed by atoms with Crippen LogP contribution < -0.4 is 0 Å². The molecule has 2 N–H and O–H groups in total. The van der Waals surface area contributed by atoms with E-state index in [1.165, 1.54) is 6.92 Å². The fourth-order valence-electron chi connectivity index (χ4n) is 0.867. The van der Waals surface area contributed by atoms with Crippen molar-refractivity contribution < 1.29 is 19.8 Å². The van der Waals surface area contributed by atoms with Crippen LogP contribution >= 0.6 is 24.8 Å². The van der Waals surface area contributed by atoms with Gasteiger partial charge in [0.25, 0.3) is 0 Å². The predicted octanol–water partition coefficient (Wildman–Crippen LogP) is 1.63. The maximum absolute atomic E-state index is 10.6. The molecule has 0 saturated heterocycles. The van der Waals surface area contributed by atoms with E-state index in [0.717, 1.165) is 12.3 Å². The van der Waals surface area contributed by atoms with Crippen molar-refractivity contribution in [1.82, 2.24) is 4.98 Å². The van der Waals surface area contributed by atoms with Crippen LogP contribution in [0.3, 0.4) is 0 Å². The molecule has 1 rings (SSSR count). The normalized spacial score (nSPS) is 8.33. The fourth-order valence-corrected chi connectivity index (χ4v) is 0.867. The van der Waals surface area contributed by atoms with Gasteiger partial charge in [0.1, 0.15) is 0 Å². The Kier molecular flexibility index (Phi) is 6.67. The van der Waals surface area contributed by atoms with Crippen LogP contribution in [0, 0.1) is 6.92 Å². The van der Waals surface area contributed by atoms with E-state index in [4.69, 9.17) is 10.2 Å². The molecule has 5 nitrogen and oxygen atoms in total. The molecule has 0 fully saturated rings. The number of aryl methyl sites for hydroxylation is 1. The number of rotatable bonds is 2. The molecular weight excluding hydrogens is 245 g/mol. The minimum atomic E-state index is -1.19. The average Bonchev–Trinajstić information content (AvgIpc) is 2.04. The van der Waals surface area contributed by atoms with Crippen LogP contribution in [-0.2, 0) is 0 Å². The monoisotopic (exact) mass is 253 g/mol. The number of pyridine rings is 1. The summed E-state index contributed by atoms with van der Waals surface area (Å²) in [6, 6.07) is 1.09. The summed E-state index contributed by atoms with van der Waals surface area (Å²) in [7, 11) is 0. The third kappa shape index (κ3) is 3.73. The molecule has 0 saturated carbocycles. The topological polar surface area (TPSA) is 87.5 Å². The number of halogens is 2. The molecular formula is C8H9Cl2NO4. The first-order chi connectivity index (χ1) is 6.02. The van der Waals surface area contributed by atoms with Crippen LogP contribution in [0.5, 0.6) is 0 Å². The van der Waals surface area contributed by atoms with Crippen molar-refractivity contribution in [2.45, 2.75) is 6.92 Å². The SMILES string of the molecule is Cc1ncc(C(=O)O)cc1C(=O)O.Cl.Cl. The summed E-state index contributed by atoms with van der Waals surface area (Å²) in [5.41, 5.74) is 0.0976. The molecule has 0 aliphatic carbocycles. The van der Waals surface area contributed by atoms with Crippen molar-refractivity contribution in [2.24, 2.45) is 0 Å². The van der Waals surface area contributed by atoms with Gasteiger partial charge in [0, 0.05) is 6.20 Å². The third-order valence-corrected chi connectivity index (χ3v) is 1.56. The zero-order valence-corrected chi connectivity index (χ0v) is 9.26. The van der Waals surface area contributed by atoms with E-state index < -0.39 is 11.9 Å². The Hall–Kier alpha value is -1.33. The average molecular weight is 254 g/mol. The van der Waals surface area contributed by atoms with Gasteiger partial charge in [-0.25, -0.2) is 9.59 Å². The zero-order chi connectivity index (χ0) is 10.0. The number of hydrogen-bond acceptors (Lipinski definition) is 3. The lowest BCUT2D eigenvalue weighted by molar-refractivity contribution is 0.0695. The zero-order valence-electron chi connectivity index (χ0n) is 7.63. The van der Waals surface area contributed by atoms with E-state index >= 15 is 0 Å². The van der Waals surface area contributed by atoms with Crippen molar-refractivity contribution in [2.75, 3.05) is 0 Å². The predicted molar refractivity (Wildman–Crippen MR) is 57.4 cm³/mol. The molecule has 0 aliphatic rings. The van der Waals surface area contributed by atoms with Gasteiger partial charge in [-0.2, -0.15) is 0 Å². The Morgan fingerprint density at radius 3 is 2.13 bits per heavy atom.